The third kappa shape index (κ3) is 4.32. The van der Waals surface area contributed by atoms with Crippen LogP contribution in [-0.2, 0) is 4.79 Å². The van der Waals surface area contributed by atoms with Crippen molar-refractivity contribution in [3.8, 4) is 0 Å². The quantitative estimate of drug-likeness (QED) is 0.492. The number of hydrogen-bond donors (Lipinski definition) is 4. The van der Waals surface area contributed by atoms with Gasteiger partial charge in [0.05, 0.1) is 16.6 Å². The molecule has 3 heterocycles. The highest BCUT2D eigenvalue weighted by Gasteiger charge is 2.22. The van der Waals surface area contributed by atoms with E-state index in [9.17, 15) is 4.79 Å². The minimum atomic E-state index is -0.110. The van der Waals surface area contributed by atoms with E-state index >= 15 is 0 Å². The summed E-state index contributed by atoms with van der Waals surface area (Å²) in [6.45, 7) is 2.61. The first-order valence-corrected chi connectivity index (χ1v) is 9.85. The van der Waals surface area contributed by atoms with E-state index in [1.54, 1.807) is 12.3 Å². The van der Waals surface area contributed by atoms with Crippen LogP contribution in [0.15, 0.2) is 36.5 Å². The number of nitrogens with zero attached hydrogens (tertiary/aromatic N) is 3. The summed E-state index contributed by atoms with van der Waals surface area (Å²) in [7, 11) is 0. The van der Waals surface area contributed by atoms with E-state index in [0.29, 0.717) is 29.6 Å². The first-order chi connectivity index (χ1) is 14.0. The molecule has 1 aliphatic rings. The van der Waals surface area contributed by atoms with Gasteiger partial charge in [-0.25, -0.2) is 9.97 Å². The number of nitrogens with two attached hydrogens (primary N) is 1. The van der Waals surface area contributed by atoms with Gasteiger partial charge in [-0.05, 0) is 31.5 Å². The van der Waals surface area contributed by atoms with Gasteiger partial charge >= 0.3 is 0 Å². The molecule has 2 atom stereocenters. The number of carbonyl (C=O) groups is 1. The van der Waals surface area contributed by atoms with Crippen LogP contribution in [-0.4, -0.2) is 33.4 Å². The molecule has 2 aromatic heterocycles. The van der Waals surface area contributed by atoms with E-state index in [1.807, 2.05) is 25.1 Å². The van der Waals surface area contributed by atoms with Crippen molar-refractivity contribution in [3.05, 3.63) is 47.1 Å². The predicted molar refractivity (Wildman–Crippen MR) is 115 cm³/mol. The lowest BCUT2D eigenvalue weighted by molar-refractivity contribution is -0.119. The number of fused-ring (bicyclic) bond motifs is 1. The first-order valence-electron chi connectivity index (χ1n) is 9.47. The van der Waals surface area contributed by atoms with Crippen LogP contribution in [0.4, 0.5) is 17.6 Å². The van der Waals surface area contributed by atoms with Crippen molar-refractivity contribution in [3.63, 3.8) is 0 Å². The van der Waals surface area contributed by atoms with Gasteiger partial charge in [-0.1, -0.05) is 23.7 Å². The van der Waals surface area contributed by atoms with E-state index in [0.717, 1.165) is 22.9 Å². The fourth-order valence-electron chi connectivity index (χ4n) is 3.45. The molecule has 8 nitrogen and oxygen atoms in total. The summed E-state index contributed by atoms with van der Waals surface area (Å²) >= 11 is 6.36. The molecule has 1 amide bonds. The van der Waals surface area contributed by atoms with Gasteiger partial charge in [0.2, 0.25) is 11.9 Å². The summed E-state index contributed by atoms with van der Waals surface area (Å²) in [5, 5.41) is 11.2. The van der Waals surface area contributed by atoms with Crippen molar-refractivity contribution in [2.75, 3.05) is 22.9 Å². The van der Waals surface area contributed by atoms with Crippen molar-refractivity contribution >= 4 is 46.0 Å². The Bertz CT molecular complexity index is 1060. The molecule has 1 saturated heterocycles. The van der Waals surface area contributed by atoms with Gasteiger partial charge < -0.3 is 21.7 Å². The normalized spacial score (nSPS) is 17.2. The summed E-state index contributed by atoms with van der Waals surface area (Å²) in [6.07, 6.45) is 2.98. The van der Waals surface area contributed by atoms with Gasteiger partial charge in [-0.2, -0.15) is 4.98 Å². The monoisotopic (exact) mass is 411 g/mol. The molecule has 29 heavy (non-hydrogen) atoms. The molecule has 0 spiro atoms. The Morgan fingerprint density at radius 1 is 1.34 bits per heavy atom. The maximum atomic E-state index is 11.5. The van der Waals surface area contributed by atoms with Crippen molar-refractivity contribution in [2.24, 2.45) is 0 Å². The number of amides is 1. The Balaban J connectivity index is 1.65. The van der Waals surface area contributed by atoms with Crippen LogP contribution in [0.1, 0.15) is 31.4 Å². The van der Waals surface area contributed by atoms with Crippen molar-refractivity contribution in [1.82, 2.24) is 20.3 Å². The molecule has 0 unspecified atom stereocenters. The van der Waals surface area contributed by atoms with Crippen LogP contribution in [0.5, 0.6) is 0 Å². The first kappa shape index (κ1) is 19.2. The zero-order valence-corrected chi connectivity index (χ0v) is 16.7. The summed E-state index contributed by atoms with van der Waals surface area (Å²) in [5.41, 5.74) is 7.38. The van der Waals surface area contributed by atoms with E-state index in [1.165, 1.54) is 0 Å². The third-order valence-corrected chi connectivity index (χ3v) is 5.24. The van der Waals surface area contributed by atoms with Gasteiger partial charge in [0.15, 0.2) is 0 Å². The number of halogens is 1. The molecule has 0 aliphatic carbocycles. The number of nitrogen functional groups attached to an aromatic ring is 1. The Morgan fingerprint density at radius 2 is 2.21 bits per heavy atom. The fourth-order valence-corrected chi connectivity index (χ4v) is 3.68. The molecule has 3 aromatic rings. The zero-order valence-electron chi connectivity index (χ0n) is 15.9. The molecule has 0 bridgehead atoms. The Morgan fingerprint density at radius 3 is 2.97 bits per heavy atom. The van der Waals surface area contributed by atoms with E-state index in [4.69, 9.17) is 22.3 Å². The summed E-state index contributed by atoms with van der Waals surface area (Å²) in [6, 6.07) is 9.51. The Hall–Kier alpha value is -3.13. The molecular formula is C20H22ClN7O. The summed E-state index contributed by atoms with van der Waals surface area (Å²) < 4.78 is 0. The SMILES string of the molecule is C[C@H](Nc1ccnc(N)n1)c1cc2cccc(Cl)c2nc1NC[C@@H]1CCC(=O)N1. The number of anilines is 3. The molecule has 1 fully saturated rings. The van der Waals surface area contributed by atoms with E-state index in [-0.39, 0.29) is 23.9 Å². The van der Waals surface area contributed by atoms with Crippen molar-refractivity contribution in [1.29, 1.82) is 0 Å². The number of pyridine rings is 1. The maximum absolute atomic E-state index is 11.5. The van der Waals surface area contributed by atoms with Crippen LogP contribution in [0.2, 0.25) is 5.02 Å². The molecule has 5 N–H and O–H groups in total. The Kier molecular flexibility index (Phi) is 5.35. The second-order valence-corrected chi connectivity index (χ2v) is 7.50. The van der Waals surface area contributed by atoms with Crippen LogP contribution in [0.25, 0.3) is 10.9 Å². The van der Waals surface area contributed by atoms with Crippen molar-refractivity contribution in [2.45, 2.75) is 31.8 Å². The number of hydrogen-bond acceptors (Lipinski definition) is 7. The highest BCUT2D eigenvalue weighted by atomic mass is 35.5. The average molecular weight is 412 g/mol. The molecule has 1 aromatic carbocycles. The number of rotatable bonds is 6. The van der Waals surface area contributed by atoms with Crippen LogP contribution < -0.4 is 21.7 Å². The van der Waals surface area contributed by atoms with Crippen LogP contribution >= 0.6 is 11.6 Å². The Labute approximate surface area is 173 Å². The second kappa shape index (κ2) is 8.08. The van der Waals surface area contributed by atoms with E-state index in [2.05, 4.69) is 32.0 Å². The number of aromatic nitrogens is 3. The molecule has 1 aliphatic heterocycles. The van der Waals surface area contributed by atoms with Gasteiger partial charge in [-0.15, -0.1) is 0 Å². The molecule has 150 valence electrons. The molecule has 0 radical (unpaired) electrons. The van der Waals surface area contributed by atoms with Gasteiger partial charge in [0.1, 0.15) is 11.6 Å². The highest BCUT2D eigenvalue weighted by molar-refractivity contribution is 6.35. The van der Waals surface area contributed by atoms with Crippen molar-refractivity contribution < 1.29 is 4.79 Å². The number of carbonyl (C=O) groups excluding carboxylic acids is 1. The second-order valence-electron chi connectivity index (χ2n) is 7.09. The number of benzene rings is 1. The molecular weight excluding hydrogens is 390 g/mol. The van der Waals surface area contributed by atoms with Gasteiger partial charge in [0.25, 0.3) is 0 Å². The summed E-state index contributed by atoms with van der Waals surface area (Å²) in [4.78, 5) is 24.4. The number of nitrogens with one attached hydrogen (secondary N) is 3. The lowest BCUT2D eigenvalue weighted by atomic mass is 10.1. The number of para-hydroxylation sites is 1. The van der Waals surface area contributed by atoms with E-state index < -0.39 is 0 Å². The summed E-state index contributed by atoms with van der Waals surface area (Å²) in [5.74, 6) is 1.64. The topological polar surface area (TPSA) is 118 Å². The lowest BCUT2D eigenvalue weighted by Gasteiger charge is -2.21. The molecule has 4 rings (SSSR count). The maximum Gasteiger partial charge on any atom is 0.221 e. The predicted octanol–water partition coefficient (Wildman–Crippen LogP) is 3.12. The van der Waals surface area contributed by atoms with Crippen LogP contribution in [0, 0.1) is 0 Å². The zero-order chi connectivity index (χ0) is 20.4. The highest BCUT2D eigenvalue weighted by Crippen LogP contribution is 2.31. The average Bonchev–Trinajstić information content (AvgIpc) is 3.11. The smallest absolute Gasteiger partial charge is 0.221 e. The minimum absolute atomic E-state index is 0.0860. The molecule has 9 heteroatoms. The third-order valence-electron chi connectivity index (χ3n) is 4.93. The van der Waals surface area contributed by atoms with Gasteiger partial charge in [-0.3, -0.25) is 4.79 Å². The van der Waals surface area contributed by atoms with Crippen LogP contribution in [0.3, 0.4) is 0 Å². The largest absolute Gasteiger partial charge is 0.368 e. The standard InChI is InChI=1S/C20H22ClN7O/c1-11(25-16-7-8-23-20(22)27-16)14-9-12-3-2-4-15(21)18(12)28-19(14)24-10-13-5-6-17(29)26-13/h2-4,7-9,11,13H,5-6,10H2,1H3,(H,24,28)(H,26,29)(H3,22,23,25,27)/t11-,13-/m0/s1. The molecule has 0 saturated carbocycles. The fraction of sp³-hybridized carbons (Fsp3) is 0.300. The lowest BCUT2D eigenvalue weighted by Crippen LogP contribution is -2.32. The van der Waals surface area contributed by atoms with Gasteiger partial charge in [0, 0.05) is 36.2 Å². The minimum Gasteiger partial charge on any atom is -0.368 e.